The number of amides is 2. The Bertz CT molecular complexity index is 900. The van der Waals surface area contributed by atoms with E-state index in [4.69, 9.17) is 0 Å². The van der Waals surface area contributed by atoms with Gasteiger partial charge in [0.15, 0.2) is 0 Å². The topological polar surface area (TPSA) is 68.8 Å². The third-order valence-electron chi connectivity index (χ3n) is 6.57. The molecule has 2 fully saturated rings. The van der Waals surface area contributed by atoms with Crippen LogP contribution in [0, 0.1) is 0 Å². The van der Waals surface area contributed by atoms with Gasteiger partial charge in [-0.25, -0.2) is 0 Å². The number of piperidine rings is 1. The Morgan fingerprint density at radius 3 is 2.22 bits per heavy atom. The number of carbonyl (C=O) groups excluding carboxylic acids is 2. The van der Waals surface area contributed by atoms with Crippen LogP contribution in [-0.4, -0.2) is 78.0 Å². The number of piperazine rings is 1. The molecular weight excluding hydrogens is 402 g/mol. The third kappa shape index (κ3) is 5.27. The highest BCUT2D eigenvalue weighted by Gasteiger charge is 2.25. The number of hydrogen-bond acceptors (Lipinski definition) is 5. The molecule has 0 saturated carbocycles. The number of carbonyl (C=O) groups is 2. The maximum absolute atomic E-state index is 13.0. The number of nitrogens with zero attached hydrogens (tertiary/aromatic N) is 4. The Hall–Kier alpha value is -2.93. The highest BCUT2D eigenvalue weighted by Crippen LogP contribution is 2.20. The van der Waals surface area contributed by atoms with Crippen LogP contribution in [0.25, 0.3) is 0 Å². The Kier molecular flexibility index (Phi) is 7.05. The molecule has 0 spiro atoms. The molecule has 3 heterocycles. The first-order chi connectivity index (χ1) is 15.5. The van der Waals surface area contributed by atoms with E-state index in [1.807, 2.05) is 17.0 Å². The molecule has 1 aromatic carbocycles. The maximum Gasteiger partial charge on any atom is 0.253 e. The van der Waals surface area contributed by atoms with Gasteiger partial charge in [-0.05, 0) is 63.1 Å². The highest BCUT2D eigenvalue weighted by atomic mass is 16.2. The fourth-order valence-corrected chi connectivity index (χ4v) is 4.49. The Morgan fingerprint density at radius 2 is 1.62 bits per heavy atom. The molecular formula is C25H33N5O2. The molecule has 1 aromatic heterocycles. The molecule has 0 radical (unpaired) electrons. The number of likely N-dealkylation sites (tertiary alicyclic amines) is 1. The van der Waals surface area contributed by atoms with Gasteiger partial charge >= 0.3 is 0 Å². The largest absolute Gasteiger partial charge is 0.369 e. The number of rotatable bonds is 5. The molecule has 32 heavy (non-hydrogen) atoms. The summed E-state index contributed by atoms with van der Waals surface area (Å²) in [5.74, 6) is -0.0362. The van der Waals surface area contributed by atoms with Crippen molar-refractivity contribution in [2.45, 2.75) is 38.8 Å². The lowest BCUT2D eigenvalue weighted by Crippen LogP contribution is -2.48. The molecule has 170 valence electrons. The number of nitrogens with one attached hydrogen (secondary N) is 1. The van der Waals surface area contributed by atoms with E-state index < -0.39 is 0 Å². The van der Waals surface area contributed by atoms with Crippen LogP contribution in [0.4, 0.5) is 5.69 Å². The van der Waals surface area contributed by atoms with E-state index in [2.05, 4.69) is 46.1 Å². The molecule has 7 heteroatoms. The van der Waals surface area contributed by atoms with E-state index in [9.17, 15) is 9.59 Å². The normalized spacial score (nSPS) is 18.1. The van der Waals surface area contributed by atoms with E-state index in [0.717, 1.165) is 44.6 Å². The van der Waals surface area contributed by atoms with Crippen molar-refractivity contribution in [3.8, 4) is 0 Å². The molecule has 2 amide bonds. The summed E-state index contributed by atoms with van der Waals surface area (Å²) in [7, 11) is 0. The summed E-state index contributed by atoms with van der Waals surface area (Å²) in [4.78, 5) is 36.1. The van der Waals surface area contributed by atoms with Crippen LogP contribution in [0.15, 0.2) is 48.8 Å². The van der Waals surface area contributed by atoms with Crippen molar-refractivity contribution in [2.24, 2.45) is 0 Å². The van der Waals surface area contributed by atoms with Gasteiger partial charge < -0.3 is 15.1 Å². The van der Waals surface area contributed by atoms with Crippen molar-refractivity contribution >= 4 is 17.5 Å². The second kappa shape index (κ2) is 10.1. The van der Waals surface area contributed by atoms with Crippen molar-refractivity contribution < 1.29 is 9.59 Å². The van der Waals surface area contributed by atoms with Crippen LogP contribution < -0.4 is 10.2 Å². The first-order valence-corrected chi connectivity index (χ1v) is 11.6. The molecule has 1 N–H and O–H groups in total. The molecule has 7 nitrogen and oxygen atoms in total. The number of pyridine rings is 1. The fourth-order valence-electron chi connectivity index (χ4n) is 4.49. The van der Waals surface area contributed by atoms with Gasteiger partial charge in [0.2, 0.25) is 0 Å². The van der Waals surface area contributed by atoms with Crippen LogP contribution in [-0.2, 0) is 0 Å². The van der Waals surface area contributed by atoms with Crippen LogP contribution >= 0.6 is 0 Å². The van der Waals surface area contributed by atoms with Gasteiger partial charge in [-0.1, -0.05) is 0 Å². The smallest absolute Gasteiger partial charge is 0.253 e. The van der Waals surface area contributed by atoms with Crippen molar-refractivity contribution in [1.29, 1.82) is 0 Å². The molecule has 2 aliphatic rings. The van der Waals surface area contributed by atoms with Gasteiger partial charge in [-0.15, -0.1) is 0 Å². The Morgan fingerprint density at radius 1 is 0.938 bits per heavy atom. The standard InChI is InChI=1S/C25H33N5O2/c1-19(2)28-14-16-29(17-15-28)23-7-5-20(6-8-23)25(32)30-12-9-22(10-13-30)27-24(31)21-4-3-11-26-18-21/h3-8,11,18-19,22H,9-10,12-17H2,1-2H3,(H,27,31). The SMILES string of the molecule is CC(C)N1CCN(c2ccc(C(=O)N3CCC(NC(=O)c4cccnc4)CC3)cc2)CC1. The van der Waals surface area contributed by atoms with E-state index in [1.54, 1.807) is 24.5 Å². The minimum absolute atomic E-state index is 0.0678. The second-order valence-electron chi connectivity index (χ2n) is 8.95. The quantitative estimate of drug-likeness (QED) is 0.782. The molecule has 0 unspecified atom stereocenters. The number of hydrogen-bond donors (Lipinski definition) is 1. The highest BCUT2D eigenvalue weighted by molar-refractivity contribution is 5.95. The average molecular weight is 436 g/mol. The lowest BCUT2D eigenvalue weighted by Gasteiger charge is -2.38. The van der Waals surface area contributed by atoms with Crippen molar-refractivity contribution in [2.75, 3.05) is 44.2 Å². The summed E-state index contributed by atoms with van der Waals surface area (Å²) < 4.78 is 0. The lowest BCUT2D eigenvalue weighted by atomic mass is 10.0. The first kappa shape index (κ1) is 22.3. The molecule has 2 saturated heterocycles. The monoisotopic (exact) mass is 435 g/mol. The summed E-state index contributed by atoms with van der Waals surface area (Å²) in [5.41, 5.74) is 2.48. The molecule has 2 aromatic rings. The molecule has 0 bridgehead atoms. The Labute approximate surface area is 190 Å². The first-order valence-electron chi connectivity index (χ1n) is 11.6. The fraction of sp³-hybridized carbons (Fsp3) is 0.480. The zero-order valence-electron chi connectivity index (χ0n) is 19.0. The average Bonchev–Trinajstić information content (AvgIpc) is 2.85. The molecule has 0 aliphatic carbocycles. The zero-order valence-corrected chi connectivity index (χ0v) is 19.0. The van der Waals surface area contributed by atoms with Gasteiger partial charge in [-0.2, -0.15) is 0 Å². The van der Waals surface area contributed by atoms with Gasteiger partial charge in [0.1, 0.15) is 0 Å². The number of anilines is 1. The van der Waals surface area contributed by atoms with Gasteiger partial charge in [0.05, 0.1) is 5.56 Å². The molecule has 4 rings (SSSR count). The minimum Gasteiger partial charge on any atom is -0.369 e. The zero-order chi connectivity index (χ0) is 22.5. The van der Waals surface area contributed by atoms with E-state index in [1.165, 1.54) is 5.69 Å². The maximum atomic E-state index is 13.0. The van der Waals surface area contributed by atoms with Crippen molar-refractivity contribution in [3.05, 3.63) is 59.9 Å². The van der Waals surface area contributed by atoms with Crippen LogP contribution in [0.5, 0.6) is 0 Å². The number of aromatic nitrogens is 1. The summed E-state index contributed by atoms with van der Waals surface area (Å²) >= 11 is 0. The van der Waals surface area contributed by atoms with Gasteiger partial charge in [0.25, 0.3) is 11.8 Å². The van der Waals surface area contributed by atoms with Crippen LogP contribution in [0.1, 0.15) is 47.4 Å². The van der Waals surface area contributed by atoms with E-state index in [0.29, 0.717) is 24.7 Å². The second-order valence-corrected chi connectivity index (χ2v) is 8.95. The van der Waals surface area contributed by atoms with Gasteiger partial charge in [0, 0.05) is 75.0 Å². The van der Waals surface area contributed by atoms with Crippen molar-refractivity contribution in [1.82, 2.24) is 20.1 Å². The summed E-state index contributed by atoms with van der Waals surface area (Å²) in [6, 6.07) is 12.2. The lowest BCUT2D eigenvalue weighted by molar-refractivity contribution is 0.0698. The summed E-state index contributed by atoms with van der Waals surface area (Å²) in [5, 5.41) is 3.06. The van der Waals surface area contributed by atoms with Crippen LogP contribution in [0.2, 0.25) is 0 Å². The predicted molar refractivity (Wildman–Crippen MR) is 126 cm³/mol. The minimum atomic E-state index is -0.104. The summed E-state index contributed by atoms with van der Waals surface area (Å²) in [6.07, 6.45) is 4.74. The predicted octanol–water partition coefficient (Wildman–Crippen LogP) is 2.65. The van der Waals surface area contributed by atoms with E-state index >= 15 is 0 Å². The number of benzene rings is 1. The Balaban J connectivity index is 1.27. The summed E-state index contributed by atoms with van der Waals surface area (Å²) in [6.45, 7) is 9.97. The van der Waals surface area contributed by atoms with Gasteiger partial charge in [-0.3, -0.25) is 19.5 Å². The molecule has 0 atom stereocenters. The molecule has 2 aliphatic heterocycles. The van der Waals surface area contributed by atoms with Crippen LogP contribution in [0.3, 0.4) is 0 Å². The van der Waals surface area contributed by atoms with E-state index in [-0.39, 0.29) is 17.9 Å². The van der Waals surface area contributed by atoms with Crippen molar-refractivity contribution in [3.63, 3.8) is 0 Å². The third-order valence-corrected chi connectivity index (χ3v) is 6.57.